The highest BCUT2D eigenvalue weighted by Gasteiger charge is 2.34. The largest absolute Gasteiger partial charge is 0.389 e. The van der Waals surface area contributed by atoms with Crippen LogP contribution in [0.25, 0.3) is 0 Å². The molecular weight excluding hydrogens is 452 g/mol. The zero-order valence-electron chi connectivity index (χ0n) is 21.4. The maximum absolute atomic E-state index is 12.9. The lowest BCUT2D eigenvalue weighted by molar-refractivity contribution is -0.0211. The van der Waals surface area contributed by atoms with Crippen LogP contribution in [0.5, 0.6) is 0 Å². The Hall–Kier alpha value is -0.290. The number of aliphatic hydroxyl groups excluding tert-OH is 1. The van der Waals surface area contributed by atoms with Crippen molar-refractivity contribution in [3.63, 3.8) is 0 Å². The molecule has 0 radical (unpaired) electrons. The molecule has 2 unspecified atom stereocenters. The summed E-state index contributed by atoms with van der Waals surface area (Å²) < 4.78 is 34.6. The molecule has 0 bridgehead atoms. The van der Waals surface area contributed by atoms with Gasteiger partial charge >= 0.3 is 0 Å². The Morgan fingerprint density at radius 1 is 1.03 bits per heavy atom. The van der Waals surface area contributed by atoms with Crippen molar-refractivity contribution in [1.82, 2.24) is 15.4 Å². The van der Waals surface area contributed by atoms with Crippen LogP contribution in [0.2, 0.25) is 0 Å². The minimum Gasteiger partial charge on any atom is -0.389 e. The van der Waals surface area contributed by atoms with Crippen molar-refractivity contribution in [2.24, 2.45) is 23.5 Å². The first-order chi connectivity index (χ1) is 16.2. The van der Waals surface area contributed by atoms with Gasteiger partial charge < -0.3 is 20.9 Å². The molecule has 0 spiro atoms. The third-order valence-corrected chi connectivity index (χ3v) is 10.3. The highest BCUT2D eigenvalue weighted by molar-refractivity contribution is 7.90. The molecule has 200 valence electrons. The maximum atomic E-state index is 12.9. The van der Waals surface area contributed by atoms with Crippen molar-refractivity contribution in [3.8, 4) is 0 Å². The second-order valence-corrected chi connectivity index (χ2v) is 13.3. The summed E-state index contributed by atoms with van der Waals surface area (Å²) >= 11 is 0. The van der Waals surface area contributed by atoms with Crippen LogP contribution in [0.1, 0.15) is 84.5 Å². The van der Waals surface area contributed by atoms with E-state index in [0.717, 1.165) is 83.7 Å². The molecule has 2 aliphatic carbocycles. The quantitative estimate of drug-likeness (QED) is 0.259. The Balaban J connectivity index is 1.23. The first-order valence-electron chi connectivity index (χ1n) is 13.7. The van der Waals surface area contributed by atoms with Gasteiger partial charge in [0, 0.05) is 19.1 Å². The van der Waals surface area contributed by atoms with E-state index in [-0.39, 0.29) is 23.6 Å². The Labute approximate surface area is 207 Å². The van der Waals surface area contributed by atoms with Crippen LogP contribution >= 0.6 is 0 Å². The van der Waals surface area contributed by atoms with Crippen molar-refractivity contribution in [3.05, 3.63) is 0 Å². The number of hydrogen-bond donors (Lipinski definition) is 5. The highest BCUT2D eigenvalue weighted by Crippen LogP contribution is 2.33. The molecule has 0 aromatic rings. The first-order valence-corrected chi connectivity index (χ1v) is 15.3. The monoisotopic (exact) mass is 502 g/mol. The van der Waals surface area contributed by atoms with E-state index < -0.39 is 16.1 Å². The lowest BCUT2D eigenvalue weighted by Gasteiger charge is -2.33. The predicted octanol–water partition coefficient (Wildman–Crippen LogP) is 2.07. The second kappa shape index (κ2) is 13.9. The van der Waals surface area contributed by atoms with E-state index in [1.165, 1.54) is 0 Å². The molecule has 3 rings (SSSR count). The van der Waals surface area contributed by atoms with Gasteiger partial charge in [-0.25, -0.2) is 13.1 Å². The average Bonchev–Trinajstić information content (AvgIpc) is 2.82. The maximum Gasteiger partial charge on any atom is 0.214 e. The molecule has 3 aliphatic rings. The van der Waals surface area contributed by atoms with Crippen LogP contribution in [0.4, 0.5) is 0 Å². The number of sulfonamides is 1. The van der Waals surface area contributed by atoms with Crippen LogP contribution in [-0.2, 0) is 14.8 Å². The minimum atomic E-state index is -3.21. The van der Waals surface area contributed by atoms with E-state index in [4.69, 9.17) is 10.5 Å². The van der Waals surface area contributed by atoms with Gasteiger partial charge in [-0.1, -0.05) is 13.8 Å². The fraction of sp³-hybridized carbons (Fsp3) is 1.00. The fourth-order valence-electron chi connectivity index (χ4n) is 5.84. The van der Waals surface area contributed by atoms with Crippen molar-refractivity contribution in [1.29, 1.82) is 0 Å². The smallest absolute Gasteiger partial charge is 0.214 e. The standard InChI is InChI=1S/C25H50N4O4S/c1-18(2)20-5-10-24(11-6-20)34(31,32)29-21-7-3-19(4-8-21)13-14-27-15-22(30)17-33-23-9-12-25(26)28-16-23/h18-25,27-30H,3-17,26H2,1-2H3/t19?,20?,21?,22-,23?,24?,25?/m0/s1. The molecule has 9 heteroatoms. The topological polar surface area (TPSA) is 126 Å². The second-order valence-electron chi connectivity index (χ2n) is 11.4. The van der Waals surface area contributed by atoms with Gasteiger partial charge in [-0.2, -0.15) is 0 Å². The Bertz CT molecular complexity index is 668. The molecule has 0 aromatic heterocycles. The third-order valence-electron chi connectivity index (χ3n) is 8.32. The van der Waals surface area contributed by atoms with E-state index in [2.05, 4.69) is 29.2 Å². The lowest BCUT2D eigenvalue weighted by atomic mass is 9.81. The number of aliphatic hydroxyl groups is 1. The summed E-state index contributed by atoms with van der Waals surface area (Å²) in [6.45, 7) is 6.99. The van der Waals surface area contributed by atoms with Crippen molar-refractivity contribution < 1.29 is 18.3 Å². The van der Waals surface area contributed by atoms with Gasteiger partial charge in [0.05, 0.1) is 30.2 Å². The summed E-state index contributed by atoms with van der Waals surface area (Å²) in [5, 5.41) is 16.5. The molecule has 6 N–H and O–H groups in total. The zero-order chi connectivity index (χ0) is 24.6. The van der Waals surface area contributed by atoms with Gasteiger partial charge in [0.2, 0.25) is 10.0 Å². The van der Waals surface area contributed by atoms with E-state index in [0.29, 0.717) is 30.9 Å². The molecule has 0 aromatic carbocycles. The van der Waals surface area contributed by atoms with E-state index in [1.54, 1.807) is 0 Å². The van der Waals surface area contributed by atoms with Gasteiger partial charge in [0.25, 0.3) is 0 Å². The molecule has 3 fully saturated rings. The van der Waals surface area contributed by atoms with Gasteiger partial charge in [0.15, 0.2) is 0 Å². The molecule has 1 heterocycles. The number of rotatable bonds is 12. The van der Waals surface area contributed by atoms with Crippen LogP contribution in [0.15, 0.2) is 0 Å². The SMILES string of the molecule is CC(C)C1CCC(S(=O)(=O)NC2CCC(CCNC[C@H](O)COC3CCC(N)NC3)CC2)CC1. The Morgan fingerprint density at radius 3 is 2.35 bits per heavy atom. The Morgan fingerprint density at radius 2 is 1.74 bits per heavy atom. The molecule has 2 saturated carbocycles. The first kappa shape index (κ1) is 28.3. The number of hydrogen-bond acceptors (Lipinski definition) is 7. The minimum absolute atomic E-state index is 0.0660. The number of nitrogens with one attached hydrogen (secondary N) is 3. The predicted molar refractivity (Wildman–Crippen MR) is 137 cm³/mol. The number of ether oxygens (including phenoxy) is 1. The molecule has 34 heavy (non-hydrogen) atoms. The average molecular weight is 503 g/mol. The van der Waals surface area contributed by atoms with E-state index >= 15 is 0 Å². The molecule has 1 aliphatic heterocycles. The van der Waals surface area contributed by atoms with Crippen LogP contribution in [-0.4, -0.2) is 69.4 Å². The van der Waals surface area contributed by atoms with Gasteiger partial charge in [-0.15, -0.1) is 0 Å². The molecule has 8 nitrogen and oxygen atoms in total. The summed E-state index contributed by atoms with van der Waals surface area (Å²) in [4.78, 5) is 0. The van der Waals surface area contributed by atoms with E-state index in [1.807, 2.05) is 0 Å². The van der Waals surface area contributed by atoms with Gasteiger partial charge in [0.1, 0.15) is 0 Å². The van der Waals surface area contributed by atoms with Crippen LogP contribution in [0, 0.1) is 17.8 Å². The fourth-order valence-corrected chi connectivity index (χ4v) is 7.62. The van der Waals surface area contributed by atoms with E-state index in [9.17, 15) is 13.5 Å². The molecule has 0 amide bonds. The number of piperidine rings is 1. The zero-order valence-corrected chi connectivity index (χ0v) is 22.2. The Kier molecular flexibility index (Phi) is 11.5. The van der Waals surface area contributed by atoms with Crippen LogP contribution in [0.3, 0.4) is 0 Å². The summed E-state index contributed by atoms with van der Waals surface area (Å²) in [6.07, 6.45) is 10.3. The van der Waals surface area contributed by atoms with Gasteiger partial charge in [-0.3, -0.25) is 5.32 Å². The summed E-state index contributed by atoms with van der Waals surface area (Å²) in [5.41, 5.74) is 5.82. The van der Waals surface area contributed by atoms with Crippen molar-refractivity contribution in [2.45, 2.75) is 114 Å². The number of nitrogens with two attached hydrogens (primary N) is 1. The molecule has 1 saturated heterocycles. The normalized spacial score (nSPS) is 34.3. The van der Waals surface area contributed by atoms with Gasteiger partial charge in [-0.05, 0) is 94.9 Å². The molecular formula is C25H50N4O4S. The summed E-state index contributed by atoms with van der Waals surface area (Å²) in [7, 11) is -3.21. The van der Waals surface area contributed by atoms with Crippen molar-refractivity contribution in [2.75, 3.05) is 26.2 Å². The third kappa shape index (κ3) is 9.30. The van der Waals surface area contributed by atoms with Crippen LogP contribution < -0.4 is 21.1 Å². The summed E-state index contributed by atoms with van der Waals surface area (Å²) in [6, 6.07) is 0.0971. The van der Waals surface area contributed by atoms with Crippen molar-refractivity contribution >= 4 is 10.0 Å². The summed E-state index contributed by atoms with van der Waals surface area (Å²) in [5.74, 6) is 1.95. The highest BCUT2D eigenvalue weighted by atomic mass is 32.2. The lowest BCUT2D eigenvalue weighted by Crippen LogP contribution is -2.48. The molecule has 3 atom stereocenters.